The van der Waals surface area contributed by atoms with Crippen LogP contribution >= 0.6 is 0 Å². The number of nitrogens with two attached hydrogens (primary N) is 1. The number of primary amides is 1. The van der Waals surface area contributed by atoms with Crippen molar-refractivity contribution in [2.24, 2.45) is 47.2 Å². The highest BCUT2D eigenvalue weighted by atomic mass is 16.5. The summed E-state index contributed by atoms with van der Waals surface area (Å²) in [4.78, 5) is 52.4. The number of aromatic hydroxyl groups is 1. The summed E-state index contributed by atoms with van der Waals surface area (Å²) in [7, 11) is 0. The van der Waals surface area contributed by atoms with Gasteiger partial charge in [-0.1, -0.05) is 12.1 Å². The van der Waals surface area contributed by atoms with Gasteiger partial charge in [-0.25, -0.2) is 0 Å². The first-order valence-electron chi connectivity index (χ1n) is 14.3. The van der Waals surface area contributed by atoms with E-state index in [1.54, 1.807) is 18.6 Å². The van der Waals surface area contributed by atoms with Crippen LogP contribution in [0, 0.1) is 47.8 Å². The van der Waals surface area contributed by atoms with Crippen molar-refractivity contribution in [2.45, 2.75) is 56.7 Å². The number of fused-ring (bicyclic) bond motifs is 5. The second kappa shape index (κ2) is 8.92. The molecule has 0 aliphatic heterocycles. The molecule has 0 spiro atoms. The highest BCUT2D eigenvalue weighted by molar-refractivity contribution is 6.23. The van der Waals surface area contributed by atoms with E-state index >= 15 is 0 Å². The van der Waals surface area contributed by atoms with Crippen LogP contribution in [0.15, 0.2) is 35.1 Å². The summed E-state index contributed by atoms with van der Waals surface area (Å²) in [5.41, 5.74) is 1.46. The average Bonchev–Trinajstić information content (AvgIpc) is 3.14. The number of Topliss-reactive ketones (excluding diaryl/α,β-unsaturated/α-hetero) is 2. The van der Waals surface area contributed by atoms with Gasteiger partial charge in [0.25, 0.3) is 5.91 Å². The minimum Gasteiger partial charge on any atom is -0.508 e. The van der Waals surface area contributed by atoms with Gasteiger partial charge in [0.2, 0.25) is 5.78 Å². The number of hydrogen-bond acceptors (Lipinski definition) is 9. The van der Waals surface area contributed by atoms with Gasteiger partial charge in [-0.15, -0.1) is 0 Å². The lowest BCUT2D eigenvalue weighted by Crippen LogP contribution is -2.64. The molecule has 4 saturated carbocycles. The first-order valence-corrected chi connectivity index (χ1v) is 14.3. The van der Waals surface area contributed by atoms with Gasteiger partial charge in [0.05, 0.1) is 5.56 Å². The van der Waals surface area contributed by atoms with Gasteiger partial charge in [-0.2, -0.15) is 0 Å². The zero-order valence-electron chi connectivity index (χ0n) is 22.3. The largest absolute Gasteiger partial charge is 0.508 e. The summed E-state index contributed by atoms with van der Waals surface area (Å²) < 4.78 is 6.04. The summed E-state index contributed by atoms with van der Waals surface area (Å²) >= 11 is 0. The van der Waals surface area contributed by atoms with Crippen molar-refractivity contribution in [3.05, 3.63) is 52.7 Å². The smallest absolute Gasteiger partial charge is 0.306 e. The van der Waals surface area contributed by atoms with Crippen LogP contribution in [0.2, 0.25) is 0 Å². The molecule has 7 rings (SSSR count). The maximum atomic E-state index is 13.9. The molecule has 3 bridgehead atoms. The van der Waals surface area contributed by atoms with E-state index in [0.717, 1.165) is 18.8 Å². The van der Waals surface area contributed by atoms with E-state index in [-0.39, 0.29) is 23.7 Å². The average molecular weight is 563 g/mol. The molecule has 215 valence electrons. The normalized spacial score (nSPS) is 38.9. The molecule has 1 aromatic carbocycles. The van der Waals surface area contributed by atoms with Crippen molar-refractivity contribution in [3.63, 3.8) is 0 Å². The van der Waals surface area contributed by atoms with Crippen LogP contribution < -0.4 is 5.73 Å². The van der Waals surface area contributed by atoms with Gasteiger partial charge >= 0.3 is 5.97 Å². The van der Waals surface area contributed by atoms with Gasteiger partial charge in [0.15, 0.2) is 11.4 Å². The van der Waals surface area contributed by atoms with Crippen LogP contribution in [0.1, 0.15) is 56.1 Å². The Morgan fingerprint density at radius 2 is 1.76 bits per heavy atom. The van der Waals surface area contributed by atoms with E-state index < -0.39 is 76.1 Å². The first-order chi connectivity index (χ1) is 19.5. The maximum absolute atomic E-state index is 13.9. The van der Waals surface area contributed by atoms with Gasteiger partial charge in [0.1, 0.15) is 28.9 Å². The highest BCUT2D eigenvalue weighted by Crippen LogP contribution is 2.58. The number of benzene rings is 1. The number of hydrogen-bond donors (Lipinski definition) is 5. The zero-order valence-corrected chi connectivity index (χ0v) is 22.3. The SMILES string of the molecule is NC(=O)C1=C(O)[C@@]2(O)C(=O)C3=C(O)c4c(O)cccc4[CH][C@H]3[C@H](OC(=O)C[C@@H]3CC4CC5CC(C4)C3C5)[C@H]2CC1=O. The van der Waals surface area contributed by atoms with Gasteiger partial charge in [-0.05, 0) is 73.3 Å². The van der Waals surface area contributed by atoms with Crippen LogP contribution in [-0.2, 0) is 23.9 Å². The Bertz CT molecular complexity index is 1470. The standard InChI is InChI=1S/C31H32NO9/c32-30(39)25-21(34)11-19-27(41-22(35)10-16-6-12-4-13-7-15(5-12)17(16)8-13)18-9-14-2-1-3-20(33)23(14)26(36)24(18)28(37)31(19,40)29(25)38/h1-3,9,12-13,15-19,27,33,36,38,40H,4-8,10-11H2,(H2,32,39)/t12?,13?,15?,16-,17?,18+,19+,27-,31-/m0/s1. The zero-order chi connectivity index (χ0) is 29.0. The van der Waals surface area contributed by atoms with Crippen LogP contribution in [-0.4, -0.2) is 55.6 Å². The number of amides is 1. The Morgan fingerprint density at radius 1 is 1.02 bits per heavy atom. The molecule has 0 heterocycles. The summed E-state index contributed by atoms with van der Waals surface area (Å²) in [5, 5.41) is 44.5. The van der Waals surface area contributed by atoms with Crippen molar-refractivity contribution in [1.82, 2.24) is 0 Å². The predicted octanol–water partition coefficient (Wildman–Crippen LogP) is 2.42. The Kier molecular flexibility index (Phi) is 5.71. The number of phenolic OH excluding ortho intramolecular Hbond substituents is 1. The van der Waals surface area contributed by atoms with Crippen LogP contribution in [0.25, 0.3) is 5.76 Å². The third kappa shape index (κ3) is 3.65. The topological polar surface area (TPSA) is 184 Å². The van der Waals surface area contributed by atoms with Crippen molar-refractivity contribution in [2.75, 3.05) is 0 Å². The molecule has 10 heteroatoms. The number of aliphatic hydroxyl groups is 3. The number of ether oxygens (including phenoxy) is 1. The van der Waals surface area contributed by atoms with E-state index in [1.807, 2.05) is 0 Å². The quantitative estimate of drug-likeness (QED) is 0.272. The lowest BCUT2D eigenvalue weighted by atomic mass is 9.57. The minimum absolute atomic E-state index is 0.0572. The lowest BCUT2D eigenvalue weighted by molar-refractivity contribution is -0.177. The number of rotatable bonds is 4. The molecule has 0 aromatic heterocycles. The van der Waals surface area contributed by atoms with E-state index in [9.17, 15) is 39.6 Å². The third-order valence-corrected chi connectivity index (χ3v) is 10.8. The minimum atomic E-state index is -2.86. The molecule has 1 aromatic rings. The molecule has 1 radical (unpaired) electrons. The number of phenols is 1. The molecule has 4 unspecified atom stereocenters. The molecule has 10 nitrogen and oxygen atoms in total. The highest BCUT2D eigenvalue weighted by Gasteiger charge is 2.65. The summed E-state index contributed by atoms with van der Waals surface area (Å²) in [5.74, 6) is -6.08. The second-order valence-corrected chi connectivity index (χ2v) is 12.9. The second-order valence-electron chi connectivity index (χ2n) is 12.9. The van der Waals surface area contributed by atoms with Crippen molar-refractivity contribution >= 4 is 29.2 Å². The fourth-order valence-electron chi connectivity index (χ4n) is 9.24. The summed E-state index contributed by atoms with van der Waals surface area (Å²) in [6.45, 7) is 0. The van der Waals surface area contributed by atoms with Crippen LogP contribution in [0.4, 0.5) is 0 Å². The molecule has 6 aliphatic carbocycles. The summed E-state index contributed by atoms with van der Waals surface area (Å²) in [6.07, 6.45) is 5.44. The lowest BCUT2D eigenvalue weighted by Gasteiger charge is -2.49. The van der Waals surface area contributed by atoms with Crippen molar-refractivity contribution < 1.29 is 44.3 Å². The third-order valence-electron chi connectivity index (χ3n) is 10.8. The molecular formula is C31H32NO9. The molecule has 0 saturated heterocycles. The number of esters is 1. The Balaban J connectivity index is 1.29. The molecule has 9 atom stereocenters. The summed E-state index contributed by atoms with van der Waals surface area (Å²) in [6, 6.07) is 4.48. The van der Waals surface area contributed by atoms with Crippen molar-refractivity contribution in [3.8, 4) is 5.75 Å². The Labute approximate surface area is 235 Å². The van der Waals surface area contributed by atoms with Gasteiger partial charge in [-0.3, -0.25) is 19.2 Å². The Hall–Kier alpha value is -3.66. The van der Waals surface area contributed by atoms with Crippen LogP contribution in [0.5, 0.6) is 5.75 Å². The Morgan fingerprint density at radius 3 is 2.49 bits per heavy atom. The monoisotopic (exact) mass is 562 g/mol. The number of carbonyl (C=O) groups is 4. The maximum Gasteiger partial charge on any atom is 0.306 e. The predicted molar refractivity (Wildman–Crippen MR) is 141 cm³/mol. The van der Waals surface area contributed by atoms with Gasteiger partial charge < -0.3 is 30.9 Å². The van der Waals surface area contributed by atoms with Crippen LogP contribution in [0.3, 0.4) is 0 Å². The van der Waals surface area contributed by atoms with Gasteiger partial charge in [0, 0.05) is 36.7 Å². The molecule has 1 amide bonds. The molecule has 4 fully saturated rings. The van der Waals surface area contributed by atoms with E-state index in [0.29, 0.717) is 23.3 Å². The van der Waals surface area contributed by atoms with E-state index in [2.05, 4.69) is 0 Å². The molecule has 6 N–H and O–H groups in total. The van der Waals surface area contributed by atoms with Crippen molar-refractivity contribution in [1.29, 1.82) is 0 Å². The molecule has 41 heavy (non-hydrogen) atoms. The first kappa shape index (κ1) is 26.3. The molecule has 6 aliphatic rings. The fourth-order valence-corrected chi connectivity index (χ4v) is 9.24. The van der Waals surface area contributed by atoms with E-state index in [4.69, 9.17) is 10.5 Å². The molecular weight excluding hydrogens is 530 g/mol. The number of aliphatic hydroxyl groups excluding tert-OH is 2. The number of ketones is 2. The van der Waals surface area contributed by atoms with E-state index in [1.165, 1.54) is 25.3 Å². The number of carbonyl (C=O) groups excluding carboxylic acids is 4. The fraction of sp³-hybridized carbons (Fsp3) is 0.516.